The largest absolute Gasteiger partial charge is 0.508 e. The summed E-state index contributed by atoms with van der Waals surface area (Å²) < 4.78 is 0. The van der Waals surface area contributed by atoms with Crippen molar-refractivity contribution in [3.8, 4) is 79.3 Å². The van der Waals surface area contributed by atoms with E-state index in [1.807, 2.05) is 84.9 Å². The molecule has 0 saturated carbocycles. The first-order chi connectivity index (χ1) is 20.6. The number of rotatable bonds is 6. The highest BCUT2D eigenvalue weighted by Gasteiger charge is 2.18. The molecule has 0 aliphatic rings. The summed E-state index contributed by atoms with van der Waals surface area (Å²) in [5.74, 6) is 1.93. The van der Waals surface area contributed by atoms with Crippen LogP contribution in [0, 0.1) is 0 Å². The zero-order chi connectivity index (χ0) is 28.5. The molecule has 202 valence electrons. The second-order valence-corrected chi connectivity index (χ2v) is 10.0. The highest BCUT2D eigenvalue weighted by molar-refractivity contribution is 5.83. The first kappa shape index (κ1) is 25.1. The fourth-order valence-corrected chi connectivity index (χ4v) is 5.09. The lowest BCUT2D eigenvalue weighted by atomic mass is 10.1. The standard InChI is InChI=1S/C36H26N4O2/c41-29-19-15-25(16-20-29)33-31(23-7-3-1-4-8-23)37-35(39-33)27-11-13-28(14-12-27)36-38-32(24-9-5-2-6-10-24)34(40-36)26-17-21-30(42)22-18-26/h1-22,41-42H,(H,37,39)(H,38,40). The summed E-state index contributed by atoms with van der Waals surface area (Å²) in [5, 5.41) is 19.6. The van der Waals surface area contributed by atoms with Crippen LogP contribution in [0.25, 0.3) is 67.8 Å². The molecule has 0 aliphatic heterocycles. The van der Waals surface area contributed by atoms with E-state index in [1.54, 1.807) is 24.3 Å². The molecule has 0 amide bonds. The second-order valence-electron chi connectivity index (χ2n) is 10.0. The second kappa shape index (κ2) is 10.6. The molecular weight excluding hydrogens is 520 g/mol. The molecule has 42 heavy (non-hydrogen) atoms. The van der Waals surface area contributed by atoms with E-state index in [-0.39, 0.29) is 11.5 Å². The molecular formula is C36H26N4O2. The maximum atomic E-state index is 9.81. The average Bonchev–Trinajstić information content (AvgIpc) is 3.69. The van der Waals surface area contributed by atoms with E-state index in [0.29, 0.717) is 0 Å². The Morgan fingerprint density at radius 3 is 1.05 bits per heavy atom. The van der Waals surface area contributed by atoms with Gasteiger partial charge in [-0.25, -0.2) is 9.97 Å². The van der Waals surface area contributed by atoms with E-state index in [0.717, 1.165) is 67.8 Å². The Bertz CT molecular complexity index is 1810. The SMILES string of the molecule is Oc1ccc(-c2nc(-c3ccc(-c4nc(-c5ccc(O)cc5)c(-c5ccccc5)[nH]4)cc3)[nH]c2-c2ccccc2)cc1. The lowest BCUT2D eigenvalue weighted by Gasteiger charge is -2.03. The number of aromatic hydroxyl groups is 2. The van der Waals surface area contributed by atoms with Crippen molar-refractivity contribution in [3.63, 3.8) is 0 Å². The zero-order valence-electron chi connectivity index (χ0n) is 22.5. The van der Waals surface area contributed by atoms with Gasteiger partial charge in [-0.3, -0.25) is 0 Å². The summed E-state index contributed by atoms with van der Waals surface area (Å²) in [6, 6.07) is 42.5. The molecule has 0 spiro atoms. The lowest BCUT2D eigenvalue weighted by molar-refractivity contribution is 0.475. The number of imidazole rings is 2. The summed E-state index contributed by atoms with van der Waals surface area (Å²) in [4.78, 5) is 17.0. The Morgan fingerprint density at radius 2 is 0.690 bits per heavy atom. The van der Waals surface area contributed by atoms with Gasteiger partial charge in [0.25, 0.3) is 0 Å². The van der Waals surface area contributed by atoms with Crippen molar-refractivity contribution in [1.29, 1.82) is 0 Å². The molecule has 6 heteroatoms. The van der Waals surface area contributed by atoms with E-state index >= 15 is 0 Å². The van der Waals surface area contributed by atoms with E-state index in [2.05, 4.69) is 34.2 Å². The number of H-pyrrole nitrogens is 2. The van der Waals surface area contributed by atoms with E-state index in [4.69, 9.17) is 9.97 Å². The Balaban J connectivity index is 1.27. The molecule has 2 heterocycles. The molecule has 0 bridgehead atoms. The molecule has 2 aromatic heterocycles. The number of aromatic amines is 2. The van der Waals surface area contributed by atoms with Crippen LogP contribution >= 0.6 is 0 Å². The maximum Gasteiger partial charge on any atom is 0.138 e. The highest BCUT2D eigenvalue weighted by atomic mass is 16.3. The van der Waals surface area contributed by atoms with Crippen LogP contribution in [0.15, 0.2) is 133 Å². The number of phenols is 2. The third-order valence-electron chi connectivity index (χ3n) is 7.25. The van der Waals surface area contributed by atoms with Crippen LogP contribution in [-0.2, 0) is 0 Å². The summed E-state index contributed by atoms with van der Waals surface area (Å²) in [5.41, 5.74) is 9.23. The van der Waals surface area contributed by atoms with E-state index < -0.39 is 0 Å². The van der Waals surface area contributed by atoms with Crippen molar-refractivity contribution >= 4 is 0 Å². The van der Waals surface area contributed by atoms with Crippen molar-refractivity contribution in [2.24, 2.45) is 0 Å². The van der Waals surface area contributed by atoms with Gasteiger partial charge in [0, 0.05) is 33.4 Å². The topological polar surface area (TPSA) is 97.8 Å². The zero-order valence-corrected chi connectivity index (χ0v) is 22.5. The predicted molar refractivity (Wildman–Crippen MR) is 167 cm³/mol. The van der Waals surface area contributed by atoms with Crippen molar-refractivity contribution in [2.45, 2.75) is 0 Å². The molecule has 0 fully saturated rings. The predicted octanol–water partition coefficient (Wildman–Crippen LogP) is 8.55. The van der Waals surface area contributed by atoms with Crippen molar-refractivity contribution in [2.75, 3.05) is 0 Å². The Morgan fingerprint density at radius 1 is 0.357 bits per heavy atom. The Kier molecular flexibility index (Phi) is 6.33. The molecule has 0 aliphatic carbocycles. The fourth-order valence-electron chi connectivity index (χ4n) is 5.09. The summed E-state index contributed by atoms with van der Waals surface area (Å²) in [6.07, 6.45) is 0. The van der Waals surface area contributed by atoms with Crippen LogP contribution < -0.4 is 0 Å². The summed E-state index contributed by atoms with van der Waals surface area (Å²) in [7, 11) is 0. The van der Waals surface area contributed by atoms with E-state index in [9.17, 15) is 10.2 Å². The number of nitrogens with zero attached hydrogens (tertiary/aromatic N) is 2. The van der Waals surface area contributed by atoms with Crippen LogP contribution in [0.1, 0.15) is 0 Å². The van der Waals surface area contributed by atoms with Gasteiger partial charge in [-0.2, -0.15) is 0 Å². The number of nitrogens with one attached hydrogen (secondary N) is 2. The molecule has 0 unspecified atom stereocenters. The first-order valence-electron chi connectivity index (χ1n) is 13.6. The van der Waals surface area contributed by atoms with Crippen LogP contribution in [0.5, 0.6) is 11.5 Å². The van der Waals surface area contributed by atoms with Crippen molar-refractivity contribution in [3.05, 3.63) is 133 Å². The smallest absolute Gasteiger partial charge is 0.138 e. The minimum absolute atomic E-state index is 0.216. The number of aromatic nitrogens is 4. The van der Waals surface area contributed by atoms with Crippen LogP contribution in [0.2, 0.25) is 0 Å². The maximum absolute atomic E-state index is 9.81. The fraction of sp³-hybridized carbons (Fsp3) is 0. The van der Waals surface area contributed by atoms with Gasteiger partial charge in [0.1, 0.15) is 23.1 Å². The minimum atomic E-state index is 0.216. The van der Waals surface area contributed by atoms with Crippen LogP contribution in [0.3, 0.4) is 0 Å². The van der Waals surface area contributed by atoms with E-state index in [1.165, 1.54) is 0 Å². The molecule has 0 radical (unpaired) electrons. The van der Waals surface area contributed by atoms with Crippen molar-refractivity contribution in [1.82, 2.24) is 19.9 Å². The third-order valence-corrected chi connectivity index (χ3v) is 7.25. The lowest BCUT2D eigenvalue weighted by Crippen LogP contribution is -1.84. The molecule has 4 N–H and O–H groups in total. The van der Waals surface area contributed by atoms with Gasteiger partial charge in [0.05, 0.1) is 22.8 Å². The number of hydrogen-bond donors (Lipinski definition) is 4. The molecule has 7 aromatic rings. The Hall–Kier alpha value is -5.88. The van der Waals surface area contributed by atoms with Crippen LogP contribution in [-0.4, -0.2) is 30.1 Å². The monoisotopic (exact) mass is 546 g/mol. The molecule has 0 atom stereocenters. The highest BCUT2D eigenvalue weighted by Crippen LogP contribution is 2.36. The first-order valence-corrected chi connectivity index (χ1v) is 13.6. The Labute approximate surface area is 242 Å². The third kappa shape index (κ3) is 4.82. The number of phenolic OH excluding ortho intramolecular Hbond substituents is 2. The van der Waals surface area contributed by atoms with Gasteiger partial charge in [-0.1, -0.05) is 84.9 Å². The number of benzene rings is 5. The molecule has 0 saturated heterocycles. The summed E-state index contributed by atoms with van der Waals surface area (Å²) >= 11 is 0. The van der Waals surface area contributed by atoms with Gasteiger partial charge in [0.2, 0.25) is 0 Å². The van der Waals surface area contributed by atoms with Gasteiger partial charge in [0.15, 0.2) is 0 Å². The van der Waals surface area contributed by atoms with Gasteiger partial charge in [-0.15, -0.1) is 0 Å². The van der Waals surface area contributed by atoms with Crippen LogP contribution in [0.4, 0.5) is 0 Å². The molecule has 6 nitrogen and oxygen atoms in total. The quantitative estimate of drug-likeness (QED) is 0.168. The summed E-state index contributed by atoms with van der Waals surface area (Å²) in [6.45, 7) is 0. The number of hydrogen-bond acceptors (Lipinski definition) is 4. The molecule has 7 rings (SSSR count). The normalized spacial score (nSPS) is 11.0. The minimum Gasteiger partial charge on any atom is -0.508 e. The van der Waals surface area contributed by atoms with Crippen molar-refractivity contribution < 1.29 is 10.2 Å². The van der Waals surface area contributed by atoms with Gasteiger partial charge >= 0.3 is 0 Å². The van der Waals surface area contributed by atoms with Gasteiger partial charge in [-0.05, 0) is 48.5 Å². The molecule has 5 aromatic carbocycles. The van der Waals surface area contributed by atoms with Gasteiger partial charge < -0.3 is 20.2 Å². The average molecular weight is 547 g/mol.